The number of hydrogen-bond acceptors (Lipinski definition) is 3. The Morgan fingerprint density at radius 1 is 1.30 bits per heavy atom. The van der Waals surface area contributed by atoms with E-state index in [4.69, 9.17) is 5.73 Å². The molecular weight excluding hydrogens is 252 g/mol. The molecule has 1 atom stereocenters. The Balaban J connectivity index is 2.19. The summed E-state index contributed by atoms with van der Waals surface area (Å²) in [5, 5.41) is 7.14. The predicted molar refractivity (Wildman–Crippen MR) is 79.7 cm³/mol. The van der Waals surface area contributed by atoms with Crippen molar-refractivity contribution < 1.29 is 4.79 Å². The summed E-state index contributed by atoms with van der Waals surface area (Å²) in [5.41, 5.74) is 9.80. The second-order valence-electron chi connectivity index (χ2n) is 5.03. The number of nitrogens with one attached hydrogen (secondary N) is 1. The minimum absolute atomic E-state index is 0.0115. The lowest BCUT2D eigenvalue weighted by Crippen LogP contribution is -2.14. The number of aromatic nitrogens is 2. The Labute approximate surface area is 118 Å². The van der Waals surface area contributed by atoms with Crippen molar-refractivity contribution in [1.29, 1.82) is 0 Å². The lowest BCUT2D eigenvalue weighted by atomic mass is 10.1. The van der Waals surface area contributed by atoms with Crippen LogP contribution in [0.25, 0.3) is 0 Å². The molecule has 1 unspecified atom stereocenters. The second-order valence-corrected chi connectivity index (χ2v) is 5.03. The van der Waals surface area contributed by atoms with E-state index in [1.807, 2.05) is 52.1 Å². The van der Waals surface area contributed by atoms with Gasteiger partial charge in [-0.1, -0.05) is 12.1 Å². The van der Waals surface area contributed by atoms with E-state index in [0.717, 1.165) is 22.6 Å². The molecule has 0 radical (unpaired) electrons. The molecule has 5 nitrogen and oxygen atoms in total. The monoisotopic (exact) mass is 272 g/mol. The van der Waals surface area contributed by atoms with E-state index in [2.05, 4.69) is 10.4 Å². The van der Waals surface area contributed by atoms with E-state index >= 15 is 0 Å². The SMILES string of the molecule is Cc1nn(C)c(C)c1C(=O)Nc1ccc(C(C)N)cc1. The average molecular weight is 272 g/mol. The largest absolute Gasteiger partial charge is 0.324 e. The van der Waals surface area contributed by atoms with Gasteiger partial charge in [-0.2, -0.15) is 5.10 Å². The van der Waals surface area contributed by atoms with Crippen LogP contribution in [0.1, 0.15) is 40.3 Å². The van der Waals surface area contributed by atoms with E-state index in [9.17, 15) is 4.79 Å². The first-order chi connectivity index (χ1) is 9.40. The van der Waals surface area contributed by atoms with Crippen LogP contribution < -0.4 is 11.1 Å². The van der Waals surface area contributed by atoms with Gasteiger partial charge < -0.3 is 11.1 Å². The highest BCUT2D eigenvalue weighted by atomic mass is 16.1. The fraction of sp³-hybridized carbons (Fsp3) is 0.333. The second kappa shape index (κ2) is 5.46. The molecule has 20 heavy (non-hydrogen) atoms. The topological polar surface area (TPSA) is 72.9 Å². The highest BCUT2D eigenvalue weighted by Crippen LogP contribution is 2.17. The molecule has 0 saturated carbocycles. The summed E-state index contributed by atoms with van der Waals surface area (Å²) in [5.74, 6) is -0.137. The van der Waals surface area contributed by atoms with Gasteiger partial charge in [-0.05, 0) is 38.5 Å². The number of rotatable bonds is 3. The van der Waals surface area contributed by atoms with Crippen LogP contribution in [0.15, 0.2) is 24.3 Å². The van der Waals surface area contributed by atoms with Crippen molar-refractivity contribution >= 4 is 11.6 Å². The van der Waals surface area contributed by atoms with Crippen LogP contribution in [0, 0.1) is 13.8 Å². The van der Waals surface area contributed by atoms with Gasteiger partial charge in [0.25, 0.3) is 5.91 Å². The summed E-state index contributed by atoms with van der Waals surface area (Å²) in [6.45, 7) is 5.64. The van der Waals surface area contributed by atoms with Crippen molar-refractivity contribution in [3.63, 3.8) is 0 Å². The summed E-state index contributed by atoms with van der Waals surface area (Å²) in [7, 11) is 1.83. The standard InChI is InChI=1S/C15H20N4O/c1-9(16)12-5-7-13(8-6-12)17-15(20)14-10(2)18-19(4)11(14)3/h5-9H,16H2,1-4H3,(H,17,20). The third-order valence-corrected chi connectivity index (χ3v) is 3.43. The minimum atomic E-state index is -0.137. The quantitative estimate of drug-likeness (QED) is 0.900. The normalized spacial score (nSPS) is 12.2. The number of carbonyl (C=O) groups is 1. The fourth-order valence-corrected chi connectivity index (χ4v) is 2.17. The molecule has 5 heteroatoms. The van der Waals surface area contributed by atoms with Crippen LogP contribution in [-0.4, -0.2) is 15.7 Å². The molecule has 0 bridgehead atoms. The van der Waals surface area contributed by atoms with Gasteiger partial charge in [-0.25, -0.2) is 0 Å². The Morgan fingerprint density at radius 3 is 2.35 bits per heavy atom. The van der Waals surface area contributed by atoms with Gasteiger partial charge in [0.15, 0.2) is 0 Å². The highest BCUT2D eigenvalue weighted by Gasteiger charge is 2.17. The Bertz CT molecular complexity index is 626. The number of nitrogens with zero attached hydrogens (tertiary/aromatic N) is 2. The van der Waals surface area contributed by atoms with E-state index in [1.165, 1.54) is 0 Å². The Kier molecular flexibility index (Phi) is 3.90. The number of aryl methyl sites for hydroxylation is 2. The molecule has 0 aliphatic carbocycles. The third kappa shape index (κ3) is 2.72. The first-order valence-corrected chi connectivity index (χ1v) is 6.57. The van der Waals surface area contributed by atoms with Crippen LogP contribution in [0.4, 0.5) is 5.69 Å². The Morgan fingerprint density at radius 2 is 1.90 bits per heavy atom. The molecule has 1 heterocycles. The maximum atomic E-state index is 12.3. The summed E-state index contributed by atoms with van der Waals surface area (Å²) in [6.07, 6.45) is 0. The lowest BCUT2D eigenvalue weighted by molar-refractivity contribution is 0.102. The molecular formula is C15H20N4O. The van der Waals surface area contributed by atoms with E-state index < -0.39 is 0 Å². The van der Waals surface area contributed by atoms with E-state index in [0.29, 0.717) is 5.56 Å². The maximum Gasteiger partial charge on any atom is 0.259 e. The van der Waals surface area contributed by atoms with Crippen molar-refractivity contribution in [3.05, 3.63) is 46.8 Å². The number of carbonyl (C=O) groups excluding carboxylic acids is 1. The smallest absolute Gasteiger partial charge is 0.259 e. The van der Waals surface area contributed by atoms with Crippen molar-refractivity contribution in [3.8, 4) is 0 Å². The summed E-state index contributed by atoms with van der Waals surface area (Å²) in [6, 6.07) is 7.55. The van der Waals surface area contributed by atoms with Crippen LogP contribution in [-0.2, 0) is 7.05 Å². The molecule has 0 fully saturated rings. The van der Waals surface area contributed by atoms with Crippen molar-refractivity contribution in [2.24, 2.45) is 12.8 Å². The molecule has 2 aromatic rings. The van der Waals surface area contributed by atoms with Gasteiger partial charge in [0.1, 0.15) is 0 Å². The number of benzene rings is 1. The summed E-state index contributed by atoms with van der Waals surface area (Å²) in [4.78, 5) is 12.3. The van der Waals surface area contributed by atoms with Crippen molar-refractivity contribution in [2.45, 2.75) is 26.8 Å². The van der Waals surface area contributed by atoms with Crippen LogP contribution in [0.3, 0.4) is 0 Å². The Hall–Kier alpha value is -2.14. The molecule has 3 N–H and O–H groups in total. The van der Waals surface area contributed by atoms with Crippen molar-refractivity contribution in [2.75, 3.05) is 5.32 Å². The van der Waals surface area contributed by atoms with Gasteiger partial charge in [0.2, 0.25) is 0 Å². The van der Waals surface area contributed by atoms with Crippen LogP contribution in [0.2, 0.25) is 0 Å². The number of anilines is 1. The molecule has 0 aliphatic heterocycles. The van der Waals surface area contributed by atoms with Crippen LogP contribution >= 0.6 is 0 Å². The molecule has 1 aromatic carbocycles. The first kappa shape index (κ1) is 14.3. The molecule has 1 amide bonds. The maximum absolute atomic E-state index is 12.3. The lowest BCUT2D eigenvalue weighted by Gasteiger charge is -2.08. The third-order valence-electron chi connectivity index (χ3n) is 3.43. The highest BCUT2D eigenvalue weighted by molar-refractivity contribution is 6.05. The molecule has 106 valence electrons. The zero-order valence-electron chi connectivity index (χ0n) is 12.3. The summed E-state index contributed by atoms with van der Waals surface area (Å²) < 4.78 is 1.71. The van der Waals surface area contributed by atoms with Gasteiger partial charge in [-0.15, -0.1) is 0 Å². The van der Waals surface area contributed by atoms with Gasteiger partial charge in [0, 0.05) is 24.5 Å². The number of amides is 1. The van der Waals surface area contributed by atoms with Crippen molar-refractivity contribution in [1.82, 2.24) is 9.78 Å². The van der Waals surface area contributed by atoms with E-state index in [-0.39, 0.29) is 11.9 Å². The van der Waals surface area contributed by atoms with Crippen LogP contribution in [0.5, 0.6) is 0 Å². The molecule has 0 aliphatic rings. The first-order valence-electron chi connectivity index (χ1n) is 6.57. The fourth-order valence-electron chi connectivity index (χ4n) is 2.17. The average Bonchev–Trinajstić information content (AvgIpc) is 2.63. The summed E-state index contributed by atoms with van der Waals surface area (Å²) >= 11 is 0. The van der Waals surface area contributed by atoms with Gasteiger partial charge in [0.05, 0.1) is 11.3 Å². The zero-order valence-corrected chi connectivity index (χ0v) is 12.3. The number of hydrogen-bond donors (Lipinski definition) is 2. The predicted octanol–water partition coefficient (Wildman–Crippen LogP) is 2.31. The van der Waals surface area contributed by atoms with E-state index in [1.54, 1.807) is 4.68 Å². The molecule has 0 saturated heterocycles. The molecule has 1 aromatic heterocycles. The number of nitrogens with two attached hydrogens (primary N) is 1. The van der Waals surface area contributed by atoms with Gasteiger partial charge in [-0.3, -0.25) is 9.48 Å². The zero-order chi connectivity index (χ0) is 14.9. The molecule has 0 spiro atoms. The van der Waals surface area contributed by atoms with Gasteiger partial charge >= 0.3 is 0 Å². The minimum Gasteiger partial charge on any atom is -0.324 e. The molecule has 2 rings (SSSR count).